The first-order valence-corrected chi connectivity index (χ1v) is 8.23. The zero-order valence-electron chi connectivity index (χ0n) is 14.7. The van der Waals surface area contributed by atoms with Crippen molar-refractivity contribution in [1.29, 1.82) is 0 Å². The molecule has 0 saturated carbocycles. The van der Waals surface area contributed by atoms with E-state index in [-0.39, 0.29) is 17.6 Å². The molecule has 128 valence electrons. The highest BCUT2D eigenvalue weighted by Crippen LogP contribution is 2.30. The zero-order valence-corrected chi connectivity index (χ0v) is 14.7. The van der Waals surface area contributed by atoms with Crippen LogP contribution < -0.4 is 0 Å². The average molecular weight is 321 g/mol. The summed E-state index contributed by atoms with van der Waals surface area (Å²) in [6, 6.07) is 5.12. The Kier molecular flexibility index (Phi) is 7.20. The van der Waals surface area contributed by atoms with Crippen LogP contribution in [-0.4, -0.2) is 10.9 Å². The first-order chi connectivity index (χ1) is 10.8. The van der Waals surface area contributed by atoms with Gasteiger partial charge in [0.2, 0.25) is 0 Å². The highest BCUT2D eigenvalue weighted by Gasteiger charge is 2.23. The third-order valence-corrected chi connectivity index (χ3v) is 3.86. The number of nitro groups is 1. The Morgan fingerprint density at radius 3 is 2.43 bits per heavy atom. The van der Waals surface area contributed by atoms with Gasteiger partial charge in [0.15, 0.2) is 0 Å². The molecule has 0 saturated heterocycles. The highest BCUT2D eigenvalue weighted by atomic mass is 16.6. The van der Waals surface area contributed by atoms with Crippen LogP contribution in [0.25, 0.3) is 0 Å². The maximum Gasteiger partial charge on any atom is 0.308 e. The molecule has 0 N–H and O–H groups in total. The van der Waals surface area contributed by atoms with Gasteiger partial charge < -0.3 is 4.74 Å². The minimum absolute atomic E-state index is 0.000880. The SMILES string of the molecule is CCCC(C)Cc1ccc([N+](=O)[O-])c(C(C)OC(=O)C(C)C)c1. The molecule has 0 aliphatic rings. The van der Waals surface area contributed by atoms with Crippen molar-refractivity contribution in [3.8, 4) is 0 Å². The van der Waals surface area contributed by atoms with E-state index in [1.165, 1.54) is 6.07 Å². The quantitative estimate of drug-likeness (QED) is 0.390. The second-order valence-electron chi connectivity index (χ2n) is 6.48. The predicted octanol–water partition coefficient (Wildman–Crippen LogP) is 4.83. The van der Waals surface area contributed by atoms with E-state index in [0.717, 1.165) is 24.8 Å². The van der Waals surface area contributed by atoms with E-state index in [1.54, 1.807) is 26.8 Å². The van der Waals surface area contributed by atoms with Crippen molar-refractivity contribution in [3.63, 3.8) is 0 Å². The van der Waals surface area contributed by atoms with Gasteiger partial charge in [0.05, 0.1) is 16.4 Å². The fraction of sp³-hybridized carbons (Fsp3) is 0.611. The van der Waals surface area contributed by atoms with Gasteiger partial charge in [0.25, 0.3) is 5.69 Å². The van der Waals surface area contributed by atoms with Crippen LogP contribution >= 0.6 is 0 Å². The van der Waals surface area contributed by atoms with E-state index in [0.29, 0.717) is 11.5 Å². The Balaban J connectivity index is 3.05. The Morgan fingerprint density at radius 2 is 1.91 bits per heavy atom. The van der Waals surface area contributed by atoms with E-state index >= 15 is 0 Å². The number of nitro benzene ring substituents is 1. The van der Waals surface area contributed by atoms with E-state index in [2.05, 4.69) is 13.8 Å². The Morgan fingerprint density at radius 1 is 1.26 bits per heavy atom. The van der Waals surface area contributed by atoms with Crippen molar-refractivity contribution < 1.29 is 14.5 Å². The van der Waals surface area contributed by atoms with Gasteiger partial charge in [0.1, 0.15) is 6.10 Å². The first kappa shape index (κ1) is 19.1. The highest BCUT2D eigenvalue weighted by molar-refractivity contribution is 5.72. The van der Waals surface area contributed by atoms with Crippen molar-refractivity contribution in [1.82, 2.24) is 0 Å². The van der Waals surface area contributed by atoms with Gasteiger partial charge in [-0.3, -0.25) is 14.9 Å². The van der Waals surface area contributed by atoms with Crippen molar-refractivity contribution in [2.45, 2.75) is 60.0 Å². The maximum atomic E-state index is 11.8. The van der Waals surface area contributed by atoms with Crippen molar-refractivity contribution in [3.05, 3.63) is 39.4 Å². The first-order valence-electron chi connectivity index (χ1n) is 8.23. The molecule has 0 aliphatic carbocycles. The molecule has 5 heteroatoms. The summed E-state index contributed by atoms with van der Waals surface area (Å²) in [4.78, 5) is 22.6. The molecule has 23 heavy (non-hydrogen) atoms. The van der Waals surface area contributed by atoms with Gasteiger partial charge in [-0.1, -0.05) is 46.6 Å². The number of benzene rings is 1. The summed E-state index contributed by atoms with van der Waals surface area (Å²) in [7, 11) is 0. The van der Waals surface area contributed by atoms with Gasteiger partial charge in [-0.05, 0) is 30.9 Å². The zero-order chi connectivity index (χ0) is 17.6. The largest absolute Gasteiger partial charge is 0.457 e. The number of hydrogen-bond acceptors (Lipinski definition) is 4. The lowest BCUT2D eigenvalue weighted by molar-refractivity contribution is -0.386. The lowest BCUT2D eigenvalue weighted by Gasteiger charge is -2.17. The number of rotatable bonds is 8. The van der Waals surface area contributed by atoms with Gasteiger partial charge in [-0.2, -0.15) is 0 Å². The van der Waals surface area contributed by atoms with Gasteiger partial charge in [-0.25, -0.2) is 0 Å². The lowest BCUT2D eigenvalue weighted by atomic mass is 9.94. The van der Waals surface area contributed by atoms with Crippen LogP contribution in [0.15, 0.2) is 18.2 Å². The Labute approximate surface area is 138 Å². The summed E-state index contributed by atoms with van der Waals surface area (Å²) in [6.45, 7) is 9.48. The van der Waals surface area contributed by atoms with Crippen molar-refractivity contribution in [2.75, 3.05) is 0 Å². The van der Waals surface area contributed by atoms with Crippen LogP contribution in [0.4, 0.5) is 5.69 Å². The smallest absolute Gasteiger partial charge is 0.308 e. The van der Waals surface area contributed by atoms with Crippen LogP contribution in [0.5, 0.6) is 0 Å². The Bertz CT molecular complexity index is 554. The molecule has 1 rings (SSSR count). The second-order valence-corrected chi connectivity index (χ2v) is 6.48. The van der Waals surface area contributed by atoms with Gasteiger partial charge in [0, 0.05) is 6.07 Å². The molecule has 5 nitrogen and oxygen atoms in total. The predicted molar refractivity (Wildman–Crippen MR) is 90.2 cm³/mol. The molecule has 0 amide bonds. The summed E-state index contributed by atoms with van der Waals surface area (Å²) < 4.78 is 5.35. The fourth-order valence-electron chi connectivity index (χ4n) is 2.59. The van der Waals surface area contributed by atoms with Crippen LogP contribution in [0.3, 0.4) is 0 Å². The standard InChI is InChI=1S/C18H27NO4/c1-6-7-13(4)10-15-8-9-17(19(21)22)16(11-15)14(5)23-18(20)12(2)3/h8-9,11-14H,6-7,10H2,1-5H3. The van der Waals surface area contributed by atoms with E-state index in [4.69, 9.17) is 4.74 Å². The fourth-order valence-corrected chi connectivity index (χ4v) is 2.59. The number of nitrogens with zero attached hydrogens (tertiary/aromatic N) is 1. The number of hydrogen-bond donors (Lipinski definition) is 0. The van der Waals surface area contributed by atoms with Crippen molar-refractivity contribution >= 4 is 11.7 Å². The molecular formula is C18H27NO4. The molecule has 2 unspecified atom stereocenters. The summed E-state index contributed by atoms with van der Waals surface area (Å²) in [5.74, 6) is -0.0938. The summed E-state index contributed by atoms with van der Waals surface area (Å²) in [6.07, 6.45) is 2.46. The molecule has 2 atom stereocenters. The molecule has 0 aliphatic heterocycles. The Hall–Kier alpha value is -1.91. The van der Waals surface area contributed by atoms with Crippen LogP contribution in [-0.2, 0) is 16.0 Å². The van der Waals surface area contributed by atoms with Crippen LogP contribution in [0, 0.1) is 22.0 Å². The number of carbonyl (C=O) groups is 1. The summed E-state index contributed by atoms with van der Waals surface area (Å²) in [5.41, 5.74) is 1.50. The topological polar surface area (TPSA) is 69.4 Å². The number of ether oxygens (including phenoxy) is 1. The summed E-state index contributed by atoms with van der Waals surface area (Å²) in [5, 5.41) is 11.2. The number of esters is 1. The molecule has 1 aromatic carbocycles. The maximum absolute atomic E-state index is 11.8. The van der Waals surface area contributed by atoms with E-state index in [1.807, 2.05) is 6.07 Å². The molecule has 0 spiro atoms. The molecule has 1 aromatic rings. The minimum Gasteiger partial charge on any atom is -0.457 e. The molecule has 0 radical (unpaired) electrons. The second kappa shape index (κ2) is 8.65. The monoisotopic (exact) mass is 321 g/mol. The average Bonchev–Trinajstić information content (AvgIpc) is 2.46. The molecule has 0 aromatic heterocycles. The normalized spacial score (nSPS) is 13.7. The molecule has 0 bridgehead atoms. The third kappa shape index (κ3) is 5.66. The van der Waals surface area contributed by atoms with E-state index in [9.17, 15) is 14.9 Å². The van der Waals surface area contributed by atoms with Gasteiger partial charge in [-0.15, -0.1) is 0 Å². The van der Waals surface area contributed by atoms with E-state index < -0.39 is 11.0 Å². The third-order valence-electron chi connectivity index (χ3n) is 3.86. The lowest BCUT2D eigenvalue weighted by Crippen LogP contribution is -2.15. The minimum atomic E-state index is -0.633. The van der Waals surface area contributed by atoms with Gasteiger partial charge >= 0.3 is 5.97 Å². The molecule has 0 heterocycles. The van der Waals surface area contributed by atoms with Crippen molar-refractivity contribution in [2.24, 2.45) is 11.8 Å². The number of carbonyl (C=O) groups excluding carboxylic acids is 1. The van der Waals surface area contributed by atoms with Crippen LogP contribution in [0.1, 0.15) is 64.7 Å². The molecular weight excluding hydrogens is 294 g/mol. The summed E-state index contributed by atoms with van der Waals surface area (Å²) >= 11 is 0. The van der Waals surface area contributed by atoms with Crippen LogP contribution in [0.2, 0.25) is 0 Å². The molecule has 0 fully saturated rings.